The van der Waals surface area contributed by atoms with E-state index in [1.807, 2.05) is 0 Å². The molecule has 0 radical (unpaired) electrons. The van der Waals surface area contributed by atoms with Crippen molar-refractivity contribution in [1.29, 1.82) is 0 Å². The molecular formula is C16H12N2O3. The lowest BCUT2D eigenvalue weighted by Crippen LogP contribution is -2.41. The summed E-state index contributed by atoms with van der Waals surface area (Å²) in [7, 11) is 0. The van der Waals surface area contributed by atoms with Gasteiger partial charge in [-0.3, -0.25) is 19.3 Å². The Morgan fingerprint density at radius 2 is 1.33 bits per heavy atom. The molecule has 0 spiro atoms. The van der Waals surface area contributed by atoms with Crippen LogP contribution in [0.2, 0.25) is 0 Å². The second-order valence-electron chi connectivity index (χ2n) is 4.74. The Kier molecular flexibility index (Phi) is 3.02. The number of rotatable bonds is 3. The zero-order valence-electron chi connectivity index (χ0n) is 11.0. The molecule has 2 N–H and O–H groups in total. The van der Waals surface area contributed by atoms with E-state index in [0.29, 0.717) is 16.7 Å². The van der Waals surface area contributed by atoms with Gasteiger partial charge in [0.15, 0.2) is 0 Å². The highest BCUT2D eigenvalue weighted by atomic mass is 16.2. The maximum atomic E-state index is 12.4. The van der Waals surface area contributed by atoms with E-state index in [1.54, 1.807) is 54.6 Å². The summed E-state index contributed by atoms with van der Waals surface area (Å²) in [6.45, 7) is 0. The predicted octanol–water partition coefficient (Wildman–Crippen LogP) is 1.51. The van der Waals surface area contributed by atoms with Gasteiger partial charge in [-0.2, -0.15) is 0 Å². The van der Waals surface area contributed by atoms with Crippen molar-refractivity contribution in [3.63, 3.8) is 0 Å². The van der Waals surface area contributed by atoms with Gasteiger partial charge in [-0.15, -0.1) is 0 Å². The van der Waals surface area contributed by atoms with Gasteiger partial charge in [0.05, 0.1) is 11.1 Å². The molecule has 0 saturated carbocycles. The van der Waals surface area contributed by atoms with Gasteiger partial charge in [0.25, 0.3) is 11.8 Å². The smallest absolute Gasteiger partial charge is 0.262 e. The highest BCUT2D eigenvalue weighted by Crippen LogP contribution is 2.31. The van der Waals surface area contributed by atoms with Crippen molar-refractivity contribution in [2.45, 2.75) is 6.04 Å². The van der Waals surface area contributed by atoms with Crippen LogP contribution >= 0.6 is 0 Å². The van der Waals surface area contributed by atoms with E-state index >= 15 is 0 Å². The second-order valence-corrected chi connectivity index (χ2v) is 4.74. The minimum atomic E-state index is -1.10. The largest absolute Gasteiger partial charge is 0.368 e. The first-order chi connectivity index (χ1) is 10.1. The Balaban J connectivity index is 2.09. The Hall–Kier alpha value is -2.95. The van der Waals surface area contributed by atoms with Crippen molar-refractivity contribution in [2.75, 3.05) is 0 Å². The number of carbonyl (C=O) groups excluding carboxylic acids is 3. The fraction of sp³-hybridized carbons (Fsp3) is 0.0625. The first kappa shape index (κ1) is 13.1. The lowest BCUT2D eigenvalue weighted by molar-refractivity contribution is -0.122. The third-order valence-electron chi connectivity index (χ3n) is 3.47. The summed E-state index contributed by atoms with van der Waals surface area (Å²) >= 11 is 0. The molecule has 1 atom stereocenters. The van der Waals surface area contributed by atoms with E-state index in [0.717, 1.165) is 4.90 Å². The molecule has 0 fully saturated rings. The van der Waals surface area contributed by atoms with Gasteiger partial charge in [-0.25, -0.2) is 0 Å². The predicted molar refractivity (Wildman–Crippen MR) is 75.3 cm³/mol. The van der Waals surface area contributed by atoms with Gasteiger partial charge < -0.3 is 5.73 Å². The maximum Gasteiger partial charge on any atom is 0.262 e. The molecule has 3 amide bonds. The van der Waals surface area contributed by atoms with E-state index in [4.69, 9.17) is 5.73 Å². The first-order valence-electron chi connectivity index (χ1n) is 6.42. The van der Waals surface area contributed by atoms with Gasteiger partial charge in [0.1, 0.15) is 6.04 Å². The molecule has 1 aliphatic rings. The normalized spacial score (nSPS) is 15.0. The van der Waals surface area contributed by atoms with Gasteiger partial charge in [-0.05, 0) is 17.7 Å². The van der Waals surface area contributed by atoms with Crippen molar-refractivity contribution in [3.05, 3.63) is 71.3 Å². The van der Waals surface area contributed by atoms with Crippen LogP contribution in [0.4, 0.5) is 0 Å². The monoisotopic (exact) mass is 280 g/mol. The van der Waals surface area contributed by atoms with Crippen LogP contribution < -0.4 is 5.73 Å². The lowest BCUT2D eigenvalue weighted by atomic mass is 10.0. The summed E-state index contributed by atoms with van der Waals surface area (Å²) in [6.07, 6.45) is 0. The summed E-state index contributed by atoms with van der Waals surface area (Å²) in [5, 5.41) is 0. The Morgan fingerprint density at radius 3 is 1.81 bits per heavy atom. The van der Waals surface area contributed by atoms with Crippen molar-refractivity contribution >= 4 is 17.7 Å². The summed E-state index contributed by atoms with van der Waals surface area (Å²) in [4.78, 5) is 37.6. The average Bonchev–Trinajstić information content (AvgIpc) is 2.74. The molecule has 21 heavy (non-hydrogen) atoms. The highest BCUT2D eigenvalue weighted by molar-refractivity contribution is 6.22. The number of nitrogens with zero attached hydrogens (tertiary/aromatic N) is 1. The molecule has 1 unspecified atom stereocenters. The molecule has 1 heterocycles. The van der Waals surface area contributed by atoms with Crippen LogP contribution in [0, 0.1) is 0 Å². The molecule has 0 aliphatic carbocycles. The number of hydrogen-bond acceptors (Lipinski definition) is 3. The Morgan fingerprint density at radius 1 is 0.857 bits per heavy atom. The maximum absolute atomic E-state index is 12.4. The highest BCUT2D eigenvalue weighted by Gasteiger charge is 2.42. The summed E-state index contributed by atoms with van der Waals surface area (Å²) in [5.41, 5.74) is 6.53. The molecule has 104 valence electrons. The van der Waals surface area contributed by atoms with Crippen LogP contribution in [0.25, 0.3) is 0 Å². The van der Waals surface area contributed by atoms with Gasteiger partial charge >= 0.3 is 0 Å². The molecule has 2 aromatic carbocycles. The van der Waals surface area contributed by atoms with Gasteiger partial charge in [0.2, 0.25) is 5.91 Å². The molecule has 0 aromatic heterocycles. The number of imide groups is 1. The average molecular weight is 280 g/mol. The molecule has 5 nitrogen and oxygen atoms in total. The number of nitrogens with two attached hydrogens (primary N) is 1. The van der Waals surface area contributed by atoms with Crippen LogP contribution in [-0.4, -0.2) is 22.6 Å². The Bertz CT molecular complexity index is 705. The Labute approximate surface area is 121 Å². The molecule has 0 bridgehead atoms. The number of fused-ring (bicyclic) bond motifs is 1. The van der Waals surface area contributed by atoms with Crippen LogP contribution in [0.15, 0.2) is 54.6 Å². The number of carbonyl (C=O) groups is 3. The molecule has 5 heteroatoms. The van der Waals surface area contributed by atoms with Crippen LogP contribution in [0.1, 0.15) is 32.3 Å². The number of benzene rings is 2. The SMILES string of the molecule is NC(=O)C(c1ccccc1)N1C(=O)c2ccccc2C1=O. The van der Waals surface area contributed by atoms with Gasteiger partial charge in [-0.1, -0.05) is 42.5 Å². The second kappa shape index (κ2) is 4.86. The van der Waals surface area contributed by atoms with Crippen LogP contribution in [0.3, 0.4) is 0 Å². The van der Waals surface area contributed by atoms with E-state index in [2.05, 4.69) is 0 Å². The number of primary amides is 1. The molecule has 0 saturated heterocycles. The minimum Gasteiger partial charge on any atom is -0.368 e. The standard InChI is InChI=1S/C16H12N2O3/c17-14(19)13(10-6-2-1-3-7-10)18-15(20)11-8-4-5-9-12(11)16(18)21/h1-9,13H,(H2,17,19). The van der Waals surface area contributed by atoms with Crippen LogP contribution in [-0.2, 0) is 4.79 Å². The molecule has 2 aromatic rings. The fourth-order valence-corrected chi connectivity index (χ4v) is 2.52. The molecular weight excluding hydrogens is 268 g/mol. The topological polar surface area (TPSA) is 80.5 Å². The van der Waals surface area contributed by atoms with E-state index in [1.165, 1.54) is 0 Å². The van der Waals surface area contributed by atoms with Crippen molar-refractivity contribution in [3.8, 4) is 0 Å². The van der Waals surface area contributed by atoms with Crippen molar-refractivity contribution < 1.29 is 14.4 Å². The quantitative estimate of drug-likeness (QED) is 0.865. The summed E-state index contributed by atoms with van der Waals surface area (Å²) in [5.74, 6) is -1.73. The zero-order valence-corrected chi connectivity index (χ0v) is 11.0. The number of hydrogen-bond donors (Lipinski definition) is 1. The minimum absolute atomic E-state index is 0.296. The van der Waals surface area contributed by atoms with Crippen molar-refractivity contribution in [1.82, 2.24) is 4.90 Å². The van der Waals surface area contributed by atoms with E-state index in [-0.39, 0.29) is 0 Å². The summed E-state index contributed by atoms with van der Waals surface area (Å²) in [6, 6.07) is 14.0. The summed E-state index contributed by atoms with van der Waals surface area (Å²) < 4.78 is 0. The lowest BCUT2D eigenvalue weighted by Gasteiger charge is -2.23. The fourth-order valence-electron chi connectivity index (χ4n) is 2.52. The van der Waals surface area contributed by atoms with Crippen LogP contribution in [0.5, 0.6) is 0 Å². The molecule has 1 aliphatic heterocycles. The first-order valence-corrected chi connectivity index (χ1v) is 6.42. The van der Waals surface area contributed by atoms with E-state index < -0.39 is 23.8 Å². The van der Waals surface area contributed by atoms with Gasteiger partial charge in [0, 0.05) is 0 Å². The molecule has 3 rings (SSSR count). The van der Waals surface area contributed by atoms with E-state index in [9.17, 15) is 14.4 Å². The number of amides is 3. The third kappa shape index (κ3) is 1.99. The third-order valence-corrected chi connectivity index (χ3v) is 3.47. The zero-order chi connectivity index (χ0) is 15.0. The van der Waals surface area contributed by atoms with Crippen molar-refractivity contribution in [2.24, 2.45) is 5.73 Å².